The Balaban J connectivity index is 1.95. The van der Waals surface area contributed by atoms with Gasteiger partial charge in [0, 0.05) is 6.04 Å². The standard InChI is InChI=1S/C13H23NO2/c15-13(16)11-7-6-8-12(11)14-9-4-2-1-3-5-10-14/h11-12H,1-10H2,(H,15,16). The van der Waals surface area contributed by atoms with Gasteiger partial charge in [-0.3, -0.25) is 9.69 Å². The van der Waals surface area contributed by atoms with E-state index >= 15 is 0 Å². The Kier molecular flexibility index (Phi) is 4.22. The molecule has 3 heteroatoms. The minimum Gasteiger partial charge on any atom is -0.481 e. The summed E-state index contributed by atoms with van der Waals surface area (Å²) in [6.07, 6.45) is 9.58. The lowest BCUT2D eigenvalue weighted by Crippen LogP contribution is -2.42. The van der Waals surface area contributed by atoms with E-state index in [0.717, 1.165) is 32.4 Å². The summed E-state index contributed by atoms with van der Waals surface area (Å²) in [7, 11) is 0. The van der Waals surface area contributed by atoms with Gasteiger partial charge in [-0.1, -0.05) is 25.7 Å². The average Bonchev–Trinajstić information content (AvgIpc) is 2.65. The molecule has 16 heavy (non-hydrogen) atoms. The molecule has 1 aliphatic heterocycles. The van der Waals surface area contributed by atoms with Gasteiger partial charge in [0.05, 0.1) is 5.92 Å². The molecule has 0 aromatic carbocycles. The van der Waals surface area contributed by atoms with Crippen molar-refractivity contribution < 1.29 is 9.90 Å². The minimum atomic E-state index is -0.579. The van der Waals surface area contributed by atoms with E-state index in [-0.39, 0.29) is 5.92 Å². The van der Waals surface area contributed by atoms with Gasteiger partial charge in [-0.15, -0.1) is 0 Å². The van der Waals surface area contributed by atoms with E-state index in [4.69, 9.17) is 0 Å². The predicted molar refractivity (Wildman–Crippen MR) is 63.4 cm³/mol. The highest BCUT2D eigenvalue weighted by Gasteiger charge is 2.36. The summed E-state index contributed by atoms with van der Waals surface area (Å²) < 4.78 is 0. The van der Waals surface area contributed by atoms with E-state index < -0.39 is 5.97 Å². The maximum Gasteiger partial charge on any atom is 0.308 e. The van der Waals surface area contributed by atoms with Crippen LogP contribution in [0.15, 0.2) is 0 Å². The molecule has 0 spiro atoms. The first kappa shape index (κ1) is 11.9. The third-order valence-electron chi connectivity index (χ3n) is 4.16. The zero-order valence-electron chi connectivity index (χ0n) is 10.0. The number of carboxylic acids is 1. The summed E-state index contributed by atoms with van der Waals surface area (Å²) >= 11 is 0. The first-order valence-electron chi connectivity index (χ1n) is 6.76. The molecule has 1 saturated heterocycles. The van der Waals surface area contributed by atoms with Crippen molar-refractivity contribution in [3.8, 4) is 0 Å². The fourth-order valence-electron chi connectivity index (χ4n) is 3.27. The average molecular weight is 225 g/mol. The second-order valence-corrected chi connectivity index (χ2v) is 5.25. The molecule has 0 amide bonds. The highest BCUT2D eigenvalue weighted by atomic mass is 16.4. The molecule has 1 N–H and O–H groups in total. The van der Waals surface area contributed by atoms with E-state index in [0.29, 0.717) is 6.04 Å². The van der Waals surface area contributed by atoms with Gasteiger partial charge >= 0.3 is 5.97 Å². The monoisotopic (exact) mass is 225 g/mol. The van der Waals surface area contributed by atoms with E-state index in [2.05, 4.69) is 4.90 Å². The summed E-state index contributed by atoms with van der Waals surface area (Å²) in [6.45, 7) is 2.24. The van der Waals surface area contributed by atoms with Crippen molar-refractivity contribution in [1.82, 2.24) is 4.90 Å². The van der Waals surface area contributed by atoms with Crippen molar-refractivity contribution in [3.63, 3.8) is 0 Å². The highest BCUT2D eigenvalue weighted by molar-refractivity contribution is 5.71. The summed E-state index contributed by atoms with van der Waals surface area (Å²) in [6, 6.07) is 0.329. The Morgan fingerprint density at radius 3 is 2.19 bits per heavy atom. The molecule has 2 atom stereocenters. The molecule has 3 nitrogen and oxygen atoms in total. The van der Waals surface area contributed by atoms with Crippen LogP contribution in [-0.2, 0) is 4.79 Å². The van der Waals surface area contributed by atoms with Crippen LogP contribution in [0.3, 0.4) is 0 Å². The second kappa shape index (κ2) is 5.67. The van der Waals surface area contributed by atoms with Crippen molar-refractivity contribution in [2.24, 2.45) is 5.92 Å². The van der Waals surface area contributed by atoms with Crippen molar-refractivity contribution in [2.75, 3.05) is 13.1 Å². The summed E-state index contributed by atoms with van der Waals surface area (Å²) in [5.41, 5.74) is 0. The van der Waals surface area contributed by atoms with Gasteiger partial charge in [-0.2, -0.15) is 0 Å². The molecule has 2 unspecified atom stereocenters. The number of carbonyl (C=O) groups is 1. The number of rotatable bonds is 2. The number of hydrogen-bond acceptors (Lipinski definition) is 2. The van der Waals surface area contributed by atoms with Gasteiger partial charge in [0.15, 0.2) is 0 Å². The van der Waals surface area contributed by atoms with E-state index in [1.807, 2.05) is 0 Å². The van der Waals surface area contributed by atoms with Crippen LogP contribution in [0, 0.1) is 5.92 Å². The molecule has 0 radical (unpaired) electrons. The van der Waals surface area contributed by atoms with E-state index in [1.165, 1.54) is 32.1 Å². The molecule has 0 aromatic heterocycles. The molecule has 2 fully saturated rings. The number of aliphatic carboxylic acids is 1. The Morgan fingerprint density at radius 2 is 1.56 bits per heavy atom. The van der Waals surface area contributed by atoms with Gasteiger partial charge < -0.3 is 5.11 Å². The number of carboxylic acid groups (broad SMARTS) is 1. The molecule has 0 aromatic rings. The normalized spacial score (nSPS) is 33.2. The lowest BCUT2D eigenvalue weighted by atomic mass is 10.00. The first-order valence-corrected chi connectivity index (χ1v) is 6.76. The minimum absolute atomic E-state index is 0.0978. The number of nitrogens with zero attached hydrogens (tertiary/aromatic N) is 1. The molecular formula is C13H23NO2. The number of hydrogen-bond donors (Lipinski definition) is 1. The van der Waals surface area contributed by atoms with Crippen LogP contribution in [0.25, 0.3) is 0 Å². The maximum absolute atomic E-state index is 11.2. The molecule has 2 rings (SSSR count). The molecule has 1 heterocycles. The van der Waals surface area contributed by atoms with E-state index in [9.17, 15) is 9.90 Å². The zero-order chi connectivity index (χ0) is 11.4. The fraction of sp³-hybridized carbons (Fsp3) is 0.923. The molecule has 1 saturated carbocycles. The summed E-state index contributed by atoms with van der Waals surface area (Å²) in [4.78, 5) is 13.6. The zero-order valence-corrected chi connectivity index (χ0v) is 10.0. The van der Waals surface area contributed by atoms with Crippen LogP contribution < -0.4 is 0 Å². The molecule has 92 valence electrons. The van der Waals surface area contributed by atoms with Gasteiger partial charge in [0.25, 0.3) is 0 Å². The van der Waals surface area contributed by atoms with Crippen LogP contribution in [0.4, 0.5) is 0 Å². The van der Waals surface area contributed by atoms with Crippen LogP contribution in [0.2, 0.25) is 0 Å². The molecule has 0 bridgehead atoms. The Morgan fingerprint density at radius 1 is 0.938 bits per heavy atom. The fourth-order valence-corrected chi connectivity index (χ4v) is 3.27. The quantitative estimate of drug-likeness (QED) is 0.785. The topological polar surface area (TPSA) is 40.5 Å². The third kappa shape index (κ3) is 2.76. The Labute approximate surface area is 97.8 Å². The van der Waals surface area contributed by atoms with Gasteiger partial charge in [0.2, 0.25) is 0 Å². The van der Waals surface area contributed by atoms with Crippen molar-refractivity contribution in [3.05, 3.63) is 0 Å². The molecule has 1 aliphatic carbocycles. The van der Waals surface area contributed by atoms with Crippen molar-refractivity contribution in [2.45, 2.75) is 57.4 Å². The smallest absolute Gasteiger partial charge is 0.308 e. The predicted octanol–water partition coefficient (Wildman–Crippen LogP) is 2.51. The number of likely N-dealkylation sites (tertiary alicyclic amines) is 1. The first-order chi connectivity index (χ1) is 7.79. The Hall–Kier alpha value is -0.570. The van der Waals surface area contributed by atoms with Gasteiger partial charge in [-0.05, 0) is 38.8 Å². The molecule has 2 aliphatic rings. The van der Waals surface area contributed by atoms with Crippen molar-refractivity contribution >= 4 is 5.97 Å². The van der Waals surface area contributed by atoms with Crippen LogP contribution in [-0.4, -0.2) is 35.1 Å². The maximum atomic E-state index is 11.2. The lowest BCUT2D eigenvalue weighted by molar-refractivity contribution is -0.143. The summed E-state index contributed by atoms with van der Waals surface area (Å²) in [5.74, 6) is -0.677. The third-order valence-corrected chi connectivity index (χ3v) is 4.16. The van der Waals surface area contributed by atoms with Crippen LogP contribution >= 0.6 is 0 Å². The second-order valence-electron chi connectivity index (χ2n) is 5.25. The van der Waals surface area contributed by atoms with Gasteiger partial charge in [-0.25, -0.2) is 0 Å². The van der Waals surface area contributed by atoms with Crippen molar-refractivity contribution in [1.29, 1.82) is 0 Å². The summed E-state index contributed by atoms with van der Waals surface area (Å²) in [5, 5.41) is 9.21. The Bertz CT molecular complexity index is 234. The largest absolute Gasteiger partial charge is 0.481 e. The molecular weight excluding hydrogens is 202 g/mol. The van der Waals surface area contributed by atoms with Crippen LogP contribution in [0.1, 0.15) is 51.4 Å². The lowest BCUT2D eigenvalue weighted by Gasteiger charge is -2.32. The highest BCUT2D eigenvalue weighted by Crippen LogP contribution is 2.31. The van der Waals surface area contributed by atoms with E-state index in [1.54, 1.807) is 0 Å². The SMILES string of the molecule is O=C(O)C1CCCC1N1CCCCCCC1. The van der Waals surface area contributed by atoms with Crippen LogP contribution in [0.5, 0.6) is 0 Å². The van der Waals surface area contributed by atoms with Gasteiger partial charge in [0.1, 0.15) is 0 Å².